The van der Waals surface area contributed by atoms with Gasteiger partial charge in [-0.1, -0.05) is 25.7 Å². The van der Waals surface area contributed by atoms with E-state index in [1.54, 1.807) is 0 Å². The van der Waals surface area contributed by atoms with E-state index >= 15 is 0 Å². The van der Waals surface area contributed by atoms with Crippen LogP contribution in [0.25, 0.3) is 0 Å². The molecule has 3 unspecified atom stereocenters. The number of alkyl halides is 3. The number of hydrogen-bond donors (Lipinski definition) is 2. The number of nitrogens with one attached hydrogen (secondary N) is 1. The molecule has 0 radical (unpaired) electrons. The fourth-order valence-electron chi connectivity index (χ4n) is 2.87. The Balaban J connectivity index is 2.77. The monoisotopic (exact) mass is 276 g/mol. The SMILES string of the molecule is C#CC(CCC)NC1(CN)CCCC(C(F)(F)F)C1. The molecule has 1 aliphatic rings. The molecule has 1 fully saturated rings. The first-order chi connectivity index (χ1) is 8.87. The van der Waals surface area contributed by atoms with Gasteiger partial charge < -0.3 is 5.73 Å². The van der Waals surface area contributed by atoms with Gasteiger partial charge in [0.15, 0.2) is 0 Å². The number of nitrogens with two attached hydrogens (primary N) is 1. The maximum Gasteiger partial charge on any atom is 0.391 e. The molecule has 3 atom stereocenters. The molecule has 110 valence electrons. The van der Waals surface area contributed by atoms with E-state index in [1.165, 1.54) is 0 Å². The first-order valence-corrected chi connectivity index (χ1v) is 6.87. The maximum atomic E-state index is 12.9. The highest BCUT2D eigenvalue weighted by molar-refractivity contribution is 5.05. The van der Waals surface area contributed by atoms with Gasteiger partial charge in [0.05, 0.1) is 12.0 Å². The molecule has 5 heteroatoms. The van der Waals surface area contributed by atoms with Crippen LogP contribution in [0.4, 0.5) is 13.2 Å². The summed E-state index contributed by atoms with van der Waals surface area (Å²) in [6, 6.07) is -0.194. The van der Waals surface area contributed by atoms with E-state index in [0.29, 0.717) is 12.8 Å². The molecule has 19 heavy (non-hydrogen) atoms. The normalized spacial score (nSPS) is 29.8. The summed E-state index contributed by atoms with van der Waals surface area (Å²) in [7, 11) is 0. The highest BCUT2D eigenvalue weighted by atomic mass is 19.4. The molecule has 0 aromatic heterocycles. The number of halogens is 3. The van der Waals surface area contributed by atoms with Crippen molar-refractivity contribution in [2.75, 3.05) is 6.54 Å². The van der Waals surface area contributed by atoms with Gasteiger partial charge in [-0.3, -0.25) is 5.32 Å². The van der Waals surface area contributed by atoms with E-state index in [2.05, 4.69) is 11.2 Å². The van der Waals surface area contributed by atoms with Crippen molar-refractivity contribution in [3.8, 4) is 12.3 Å². The molecular formula is C14H23F3N2. The van der Waals surface area contributed by atoms with Gasteiger partial charge >= 0.3 is 6.18 Å². The summed E-state index contributed by atoms with van der Waals surface area (Å²) in [5.74, 6) is 1.35. The van der Waals surface area contributed by atoms with Gasteiger partial charge in [0, 0.05) is 12.1 Å². The van der Waals surface area contributed by atoms with Crippen molar-refractivity contribution in [1.82, 2.24) is 5.32 Å². The van der Waals surface area contributed by atoms with Crippen molar-refractivity contribution >= 4 is 0 Å². The Bertz CT molecular complexity index is 322. The van der Waals surface area contributed by atoms with Crippen molar-refractivity contribution in [1.29, 1.82) is 0 Å². The van der Waals surface area contributed by atoms with Gasteiger partial charge in [-0.2, -0.15) is 13.2 Å². The zero-order chi connectivity index (χ0) is 14.5. The first-order valence-electron chi connectivity index (χ1n) is 6.87. The van der Waals surface area contributed by atoms with E-state index in [9.17, 15) is 13.2 Å². The lowest BCUT2D eigenvalue weighted by atomic mass is 9.74. The Hall–Kier alpha value is -0.730. The van der Waals surface area contributed by atoms with Crippen molar-refractivity contribution in [2.24, 2.45) is 11.7 Å². The fraction of sp³-hybridized carbons (Fsp3) is 0.857. The van der Waals surface area contributed by atoms with Gasteiger partial charge in [-0.05, 0) is 25.7 Å². The molecular weight excluding hydrogens is 253 g/mol. The van der Waals surface area contributed by atoms with E-state index in [1.807, 2.05) is 6.92 Å². The fourth-order valence-corrected chi connectivity index (χ4v) is 2.87. The third-order valence-corrected chi connectivity index (χ3v) is 3.96. The summed E-state index contributed by atoms with van der Waals surface area (Å²) in [5.41, 5.74) is 5.08. The Morgan fingerprint density at radius 2 is 2.21 bits per heavy atom. The van der Waals surface area contributed by atoms with Crippen molar-refractivity contribution in [2.45, 2.75) is 63.2 Å². The molecule has 0 spiro atoms. The topological polar surface area (TPSA) is 38.0 Å². The quantitative estimate of drug-likeness (QED) is 0.758. The van der Waals surface area contributed by atoms with Crippen LogP contribution >= 0.6 is 0 Å². The number of terminal acetylenes is 1. The average molecular weight is 276 g/mol. The third kappa shape index (κ3) is 4.39. The number of hydrogen-bond acceptors (Lipinski definition) is 2. The minimum Gasteiger partial charge on any atom is -0.329 e. The highest BCUT2D eigenvalue weighted by Gasteiger charge is 2.47. The lowest BCUT2D eigenvalue weighted by Gasteiger charge is -2.43. The Kier molecular flexibility index (Phi) is 5.69. The second kappa shape index (κ2) is 6.62. The van der Waals surface area contributed by atoms with Crippen LogP contribution in [0.2, 0.25) is 0 Å². The molecule has 0 aromatic carbocycles. The Morgan fingerprint density at radius 1 is 1.53 bits per heavy atom. The summed E-state index contributed by atoms with van der Waals surface area (Å²) >= 11 is 0. The number of rotatable bonds is 5. The van der Waals surface area contributed by atoms with Crippen molar-refractivity contribution in [3.05, 3.63) is 0 Å². The van der Waals surface area contributed by atoms with Gasteiger partial charge in [0.2, 0.25) is 0 Å². The second-order valence-corrected chi connectivity index (χ2v) is 5.47. The van der Waals surface area contributed by atoms with Crippen LogP contribution in [0.5, 0.6) is 0 Å². The predicted octanol–water partition coefficient (Wildman–Crippen LogP) is 2.83. The van der Waals surface area contributed by atoms with Gasteiger partial charge in [-0.15, -0.1) is 6.42 Å². The minimum absolute atomic E-state index is 0.0366. The van der Waals surface area contributed by atoms with Gasteiger partial charge in [0.25, 0.3) is 0 Å². The van der Waals surface area contributed by atoms with E-state index in [0.717, 1.165) is 12.8 Å². The molecule has 1 rings (SSSR count). The molecule has 2 nitrogen and oxygen atoms in total. The van der Waals surface area contributed by atoms with Gasteiger partial charge in [-0.25, -0.2) is 0 Å². The lowest BCUT2D eigenvalue weighted by molar-refractivity contribution is -0.188. The lowest BCUT2D eigenvalue weighted by Crippen LogP contribution is -2.58. The van der Waals surface area contributed by atoms with Crippen LogP contribution in [0.3, 0.4) is 0 Å². The average Bonchev–Trinajstić information content (AvgIpc) is 2.37. The van der Waals surface area contributed by atoms with Crippen LogP contribution in [0.1, 0.15) is 45.4 Å². The molecule has 0 amide bonds. The molecule has 0 heterocycles. The molecule has 0 saturated heterocycles. The summed E-state index contributed by atoms with van der Waals surface area (Å²) in [6.45, 7) is 2.20. The third-order valence-electron chi connectivity index (χ3n) is 3.96. The minimum atomic E-state index is -4.14. The molecule has 1 saturated carbocycles. The van der Waals surface area contributed by atoms with E-state index < -0.39 is 17.6 Å². The van der Waals surface area contributed by atoms with Crippen LogP contribution in [-0.2, 0) is 0 Å². The standard InChI is InChI=1S/C14H23F3N2/c1-3-6-12(4-2)19-13(10-18)8-5-7-11(9-13)14(15,16)17/h2,11-12,19H,3,5-10,18H2,1H3. The zero-order valence-electron chi connectivity index (χ0n) is 11.4. The highest BCUT2D eigenvalue weighted by Crippen LogP contribution is 2.41. The van der Waals surface area contributed by atoms with Crippen LogP contribution in [-0.4, -0.2) is 24.3 Å². The van der Waals surface area contributed by atoms with E-state index in [4.69, 9.17) is 12.2 Å². The van der Waals surface area contributed by atoms with Crippen LogP contribution < -0.4 is 11.1 Å². The smallest absolute Gasteiger partial charge is 0.329 e. The molecule has 1 aliphatic carbocycles. The Morgan fingerprint density at radius 3 is 2.68 bits per heavy atom. The summed E-state index contributed by atoms with van der Waals surface area (Å²) in [5, 5.41) is 3.21. The Labute approximate surface area is 113 Å². The van der Waals surface area contributed by atoms with Crippen molar-refractivity contribution in [3.63, 3.8) is 0 Å². The second-order valence-electron chi connectivity index (χ2n) is 5.47. The van der Waals surface area contributed by atoms with E-state index in [-0.39, 0.29) is 25.4 Å². The first kappa shape index (κ1) is 16.3. The largest absolute Gasteiger partial charge is 0.391 e. The molecule has 0 bridgehead atoms. The zero-order valence-corrected chi connectivity index (χ0v) is 11.4. The molecule has 0 aliphatic heterocycles. The summed E-state index contributed by atoms with van der Waals surface area (Å²) < 4.78 is 38.6. The maximum absolute atomic E-state index is 12.9. The molecule has 3 N–H and O–H groups in total. The summed E-state index contributed by atoms with van der Waals surface area (Å²) in [6.07, 6.45) is 4.38. The molecule has 0 aromatic rings. The van der Waals surface area contributed by atoms with Crippen LogP contribution in [0.15, 0.2) is 0 Å². The predicted molar refractivity (Wildman–Crippen MR) is 70.5 cm³/mol. The van der Waals surface area contributed by atoms with Crippen molar-refractivity contribution < 1.29 is 13.2 Å². The van der Waals surface area contributed by atoms with Crippen LogP contribution in [0, 0.1) is 18.3 Å². The summed E-state index contributed by atoms with van der Waals surface area (Å²) in [4.78, 5) is 0. The van der Waals surface area contributed by atoms with Gasteiger partial charge in [0.1, 0.15) is 0 Å².